The number of ether oxygens (including phenoxy) is 1. The Kier molecular flexibility index (Phi) is 5.56. The molecule has 0 aliphatic carbocycles. The smallest absolute Gasteiger partial charge is 0.338 e. The first-order valence-electron chi connectivity index (χ1n) is 6.45. The van der Waals surface area contributed by atoms with Gasteiger partial charge in [-0.2, -0.15) is 0 Å². The third kappa shape index (κ3) is 4.23. The van der Waals surface area contributed by atoms with E-state index in [2.05, 4.69) is 0 Å². The average Bonchev–Trinajstić information content (AvgIpc) is 2.38. The van der Waals surface area contributed by atoms with E-state index in [-0.39, 0.29) is 22.6 Å². The number of nitrogens with zero attached hydrogens (tertiary/aromatic N) is 1. The highest BCUT2D eigenvalue weighted by Gasteiger charge is 2.24. The Morgan fingerprint density at radius 2 is 2.05 bits per heavy atom. The van der Waals surface area contributed by atoms with Crippen molar-refractivity contribution in [3.05, 3.63) is 33.9 Å². The van der Waals surface area contributed by atoms with E-state index < -0.39 is 10.9 Å². The van der Waals surface area contributed by atoms with Crippen LogP contribution in [-0.4, -0.2) is 22.2 Å². The van der Waals surface area contributed by atoms with Gasteiger partial charge in [-0.3, -0.25) is 10.1 Å². The fraction of sp³-hybridized carbons (Fsp3) is 0.500. The lowest BCUT2D eigenvalue weighted by atomic mass is 10.1. The lowest BCUT2D eigenvalue weighted by molar-refractivity contribution is -0.387. The molecule has 0 saturated heterocycles. The summed E-state index contributed by atoms with van der Waals surface area (Å²) in [5, 5.41) is 11.2. The summed E-state index contributed by atoms with van der Waals surface area (Å²) in [5.74, 6) is -0.540. The third-order valence-electron chi connectivity index (χ3n) is 2.90. The van der Waals surface area contributed by atoms with E-state index in [1.807, 2.05) is 20.8 Å². The summed E-state index contributed by atoms with van der Waals surface area (Å²) in [6.07, 6.45) is 0.883. The fourth-order valence-corrected chi connectivity index (χ4v) is 2.57. The van der Waals surface area contributed by atoms with Crippen molar-refractivity contribution >= 4 is 23.4 Å². The zero-order valence-electron chi connectivity index (χ0n) is 12.1. The Morgan fingerprint density at radius 3 is 2.55 bits per heavy atom. The van der Waals surface area contributed by atoms with Crippen molar-refractivity contribution < 1.29 is 14.5 Å². The molecule has 0 bridgehead atoms. The van der Waals surface area contributed by atoms with Crippen molar-refractivity contribution in [1.29, 1.82) is 0 Å². The summed E-state index contributed by atoms with van der Waals surface area (Å²) in [4.78, 5) is 22.9. The number of carbonyl (C=O) groups excluding carboxylic acids is 1. The predicted octanol–water partition coefficient (Wildman–Crippen LogP) is 4.05. The molecule has 1 rings (SSSR count). The number of hydrogen-bond acceptors (Lipinski definition) is 5. The van der Waals surface area contributed by atoms with Crippen LogP contribution in [-0.2, 0) is 4.74 Å². The van der Waals surface area contributed by atoms with Crippen LogP contribution < -0.4 is 0 Å². The van der Waals surface area contributed by atoms with Gasteiger partial charge in [0, 0.05) is 10.8 Å². The third-order valence-corrected chi connectivity index (χ3v) is 4.31. The average molecular weight is 297 g/mol. The molecule has 6 heteroatoms. The van der Waals surface area contributed by atoms with Crippen LogP contribution >= 0.6 is 11.8 Å². The van der Waals surface area contributed by atoms with Crippen LogP contribution in [0.3, 0.4) is 0 Å². The highest BCUT2D eigenvalue weighted by molar-refractivity contribution is 8.00. The molecule has 20 heavy (non-hydrogen) atoms. The Bertz CT molecular complexity index is 514. The van der Waals surface area contributed by atoms with E-state index in [9.17, 15) is 14.9 Å². The largest absolute Gasteiger partial charge is 0.462 e. The van der Waals surface area contributed by atoms with Crippen molar-refractivity contribution in [1.82, 2.24) is 0 Å². The van der Waals surface area contributed by atoms with E-state index in [0.29, 0.717) is 4.90 Å². The normalized spacial score (nSPS) is 11.2. The zero-order chi connectivity index (χ0) is 15.3. The molecule has 1 aromatic carbocycles. The zero-order valence-corrected chi connectivity index (χ0v) is 13.0. The Hall–Kier alpha value is -1.56. The molecule has 0 N–H and O–H groups in total. The van der Waals surface area contributed by atoms with Gasteiger partial charge >= 0.3 is 5.97 Å². The van der Waals surface area contributed by atoms with Crippen LogP contribution in [0.1, 0.15) is 44.5 Å². The predicted molar refractivity (Wildman–Crippen MR) is 79.3 cm³/mol. The molecular weight excluding hydrogens is 278 g/mol. The van der Waals surface area contributed by atoms with Crippen molar-refractivity contribution in [3.63, 3.8) is 0 Å². The summed E-state index contributed by atoms with van der Waals surface area (Å²) >= 11 is 1.44. The minimum Gasteiger partial charge on any atom is -0.462 e. The minimum atomic E-state index is -0.540. The first-order valence-corrected chi connectivity index (χ1v) is 7.27. The molecule has 0 spiro atoms. The molecule has 0 radical (unpaired) electrons. The second-order valence-electron chi connectivity index (χ2n) is 4.88. The molecule has 0 unspecified atom stereocenters. The van der Waals surface area contributed by atoms with E-state index >= 15 is 0 Å². The van der Waals surface area contributed by atoms with Crippen LogP contribution in [0, 0.1) is 10.1 Å². The maximum absolute atomic E-state index is 11.6. The highest BCUT2D eigenvalue weighted by Crippen LogP contribution is 2.40. The molecule has 1 aromatic rings. The molecule has 0 aliphatic heterocycles. The molecule has 0 aliphatic rings. The standard InChI is InChI=1S/C14H19NO4S/c1-5-14(3,4)20-12-8-7-10(13(16)19-6-2)9-11(12)15(17)18/h7-9H,5-6H2,1-4H3. The quantitative estimate of drug-likeness (QED) is 0.343. The minimum absolute atomic E-state index is 0.0536. The van der Waals surface area contributed by atoms with Crippen LogP contribution in [0.15, 0.2) is 23.1 Å². The van der Waals surface area contributed by atoms with Gasteiger partial charge in [0.15, 0.2) is 0 Å². The molecule has 5 nitrogen and oxygen atoms in total. The van der Waals surface area contributed by atoms with Gasteiger partial charge in [-0.05, 0) is 25.5 Å². The number of hydrogen-bond donors (Lipinski definition) is 0. The molecule has 0 atom stereocenters. The molecule has 0 heterocycles. The van der Waals surface area contributed by atoms with Crippen LogP contribution in [0.4, 0.5) is 5.69 Å². The van der Waals surface area contributed by atoms with E-state index in [4.69, 9.17) is 4.74 Å². The number of benzene rings is 1. The monoisotopic (exact) mass is 297 g/mol. The fourth-order valence-electron chi connectivity index (χ4n) is 1.46. The van der Waals surface area contributed by atoms with Gasteiger partial charge in [-0.1, -0.05) is 20.8 Å². The molecule has 0 fully saturated rings. The van der Waals surface area contributed by atoms with Gasteiger partial charge in [0.2, 0.25) is 0 Å². The topological polar surface area (TPSA) is 69.4 Å². The molecular formula is C14H19NO4S. The first kappa shape index (κ1) is 16.5. The Labute approximate surface area is 122 Å². The molecule has 0 saturated carbocycles. The summed E-state index contributed by atoms with van der Waals surface area (Å²) in [6.45, 7) is 8.03. The van der Waals surface area contributed by atoms with Gasteiger partial charge in [0.05, 0.1) is 22.0 Å². The highest BCUT2D eigenvalue weighted by atomic mass is 32.2. The second kappa shape index (κ2) is 6.74. The van der Waals surface area contributed by atoms with Gasteiger partial charge in [0.1, 0.15) is 0 Å². The van der Waals surface area contributed by atoms with Gasteiger partial charge in [-0.15, -0.1) is 11.8 Å². The summed E-state index contributed by atoms with van der Waals surface area (Å²) in [5.41, 5.74) is 0.152. The summed E-state index contributed by atoms with van der Waals surface area (Å²) in [6, 6.07) is 4.47. The Balaban J connectivity index is 3.15. The van der Waals surface area contributed by atoms with Crippen molar-refractivity contribution in [2.75, 3.05) is 6.61 Å². The van der Waals surface area contributed by atoms with E-state index in [1.54, 1.807) is 19.1 Å². The SMILES string of the molecule is CCOC(=O)c1ccc(SC(C)(C)CC)c([N+](=O)[O-])c1. The number of nitro groups is 1. The Morgan fingerprint density at radius 1 is 1.40 bits per heavy atom. The molecule has 0 amide bonds. The number of esters is 1. The first-order chi connectivity index (χ1) is 9.30. The van der Waals surface area contributed by atoms with Crippen LogP contribution in [0.5, 0.6) is 0 Å². The number of rotatable bonds is 6. The summed E-state index contributed by atoms with van der Waals surface area (Å²) in [7, 11) is 0. The maximum Gasteiger partial charge on any atom is 0.338 e. The van der Waals surface area contributed by atoms with E-state index in [0.717, 1.165) is 6.42 Å². The lowest BCUT2D eigenvalue weighted by Gasteiger charge is -2.21. The second-order valence-corrected chi connectivity index (χ2v) is 6.62. The number of thioether (sulfide) groups is 1. The van der Waals surface area contributed by atoms with Crippen LogP contribution in [0.25, 0.3) is 0 Å². The maximum atomic E-state index is 11.6. The van der Waals surface area contributed by atoms with Crippen molar-refractivity contribution in [3.8, 4) is 0 Å². The van der Waals surface area contributed by atoms with E-state index in [1.165, 1.54) is 17.8 Å². The summed E-state index contributed by atoms with van der Waals surface area (Å²) < 4.78 is 4.76. The molecule has 110 valence electrons. The molecule has 0 aromatic heterocycles. The van der Waals surface area contributed by atoms with Gasteiger partial charge < -0.3 is 4.74 Å². The lowest BCUT2D eigenvalue weighted by Crippen LogP contribution is -2.13. The van der Waals surface area contributed by atoms with Crippen molar-refractivity contribution in [2.24, 2.45) is 0 Å². The van der Waals surface area contributed by atoms with Crippen molar-refractivity contribution in [2.45, 2.75) is 43.8 Å². The number of nitro benzene ring substituents is 1. The van der Waals surface area contributed by atoms with Crippen LogP contribution in [0.2, 0.25) is 0 Å². The van der Waals surface area contributed by atoms with Gasteiger partial charge in [-0.25, -0.2) is 4.79 Å². The van der Waals surface area contributed by atoms with Gasteiger partial charge in [0.25, 0.3) is 5.69 Å². The number of carbonyl (C=O) groups is 1.